The topological polar surface area (TPSA) is 63.2 Å². The zero-order chi connectivity index (χ0) is 19.0. The quantitative estimate of drug-likeness (QED) is 0.260. The predicted octanol–water partition coefficient (Wildman–Crippen LogP) is 1.20. The molecule has 8 heteroatoms. The Bertz CT molecular complexity index is 465. The van der Waals surface area contributed by atoms with E-state index in [0.29, 0.717) is 12.5 Å². The minimum Gasteiger partial charge on any atom is -0.355 e. The molecule has 2 fully saturated rings. The third-order valence-corrected chi connectivity index (χ3v) is 5.01. The Hall–Kier alpha value is -0.610. The Labute approximate surface area is 182 Å². The van der Waals surface area contributed by atoms with Gasteiger partial charge in [-0.25, -0.2) is 0 Å². The molecule has 0 aliphatic carbocycles. The van der Waals surface area contributed by atoms with Crippen molar-refractivity contribution in [2.24, 2.45) is 4.99 Å². The van der Waals surface area contributed by atoms with Crippen molar-refractivity contribution in [3.05, 3.63) is 0 Å². The molecular weight excluding hydrogens is 455 g/mol. The van der Waals surface area contributed by atoms with E-state index in [1.165, 1.54) is 6.42 Å². The predicted molar refractivity (Wildman–Crippen MR) is 123 cm³/mol. The Morgan fingerprint density at radius 2 is 1.56 bits per heavy atom. The van der Waals surface area contributed by atoms with E-state index in [1.54, 1.807) is 0 Å². The molecule has 0 radical (unpaired) electrons. The summed E-state index contributed by atoms with van der Waals surface area (Å²) in [5, 5.41) is 6.92. The molecule has 0 unspecified atom stereocenters. The van der Waals surface area contributed by atoms with Gasteiger partial charge >= 0.3 is 0 Å². The minimum absolute atomic E-state index is 0. The largest absolute Gasteiger partial charge is 0.355 e. The lowest BCUT2D eigenvalue weighted by Crippen LogP contribution is -2.55. The zero-order valence-corrected chi connectivity index (χ0v) is 19.9. The van der Waals surface area contributed by atoms with Gasteiger partial charge in [-0.1, -0.05) is 0 Å². The summed E-state index contributed by atoms with van der Waals surface area (Å²) >= 11 is 0. The van der Waals surface area contributed by atoms with Crippen LogP contribution in [0.15, 0.2) is 4.99 Å². The van der Waals surface area contributed by atoms with E-state index in [0.717, 1.165) is 71.2 Å². The van der Waals surface area contributed by atoms with Gasteiger partial charge in [-0.3, -0.25) is 14.7 Å². The Balaban J connectivity index is 0.00000364. The summed E-state index contributed by atoms with van der Waals surface area (Å²) in [6.45, 7) is 14.4. The third-order valence-electron chi connectivity index (χ3n) is 5.01. The van der Waals surface area contributed by atoms with Crippen LogP contribution in [0.5, 0.6) is 0 Å². The standard InChI is InChI=1S/C19H38N6O.HI/c1-19(2,3)22-9-8-21-18(20-4)25-14-12-23(13-15-25)16-17(26)24-10-6-5-7-11-24;/h22H,5-16H2,1-4H3,(H,20,21);1H. The lowest BCUT2D eigenvalue weighted by Gasteiger charge is -2.37. The van der Waals surface area contributed by atoms with Crippen LogP contribution in [0, 0.1) is 0 Å². The van der Waals surface area contributed by atoms with E-state index in [2.05, 4.69) is 46.2 Å². The molecule has 2 heterocycles. The molecule has 1 amide bonds. The van der Waals surface area contributed by atoms with Gasteiger partial charge in [0.2, 0.25) is 5.91 Å². The number of nitrogens with zero attached hydrogens (tertiary/aromatic N) is 4. The molecule has 2 saturated heterocycles. The molecule has 0 atom stereocenters. The summed E-state index contributed by atoms with van der Waals surface area (Å²) in [6, 6.07) is 0. The van der Waals surface area contributed by atoms with Crippen LogP contribution in [0.3, 0.4) is 0 Å². The van der Waals surface area contributed by atoms with Gasteiger partial charge in [0.25, 0.3) is 0 Å². The fourth-order valence-corrected chi connectivity index (χ4v) is 3.50. The number of nitrogens with one attached hydrogen (secondary N) is 2. The molecule has 0 aromatic carbocycles. The Morgan fingerprint density at radius 3 is 2.11 bits per heavy atom. The van der Waals surface area contributed by atoms with E-state index < -0.39 is 0 Å². The summed E-state index contributed by atoms with van der Waals surface area (Å²) in [4.78, 5) is 23.4. The first kappa shape index (κ1) is 24.4. The van der Waals surface area contributed by atoms with E-state index >= 15 is 0 Å². The van der Waals surface area contributed by atoms with E-state index in [-0.39, 0.29) is 29.5 Å². The number of rotatable bonds is 5. The number of halogens is 1. The molecule has 2 rings (SSSR count). The van der Waals surface area contributed by atoms with Crippen LogP contribution in [0.25, 0.3) is 0 Å². The molecule has 0 aromatic rings. The number of carbonyl (C=O) groups is 1. The first-order valence-electron chi connectivity index (χ1n) is 10.1. The second-order valence-corrected chi connectivity index (χ2v) is 8.36. The van der Waals surface area contributed by atoms with Crippen molar-refractivity contribution >= 4 is 35.8 Å². The van der Waals surface area contributed by atoms with Crippen molar-refractivity contribution in [1.29, 1.82) is 0 Å². The van der Waals surface area contributed by atoms with Crippen LogP contribution in [-0.4, -0.2) is 98.1 Å². The highest BCUT2D eigenvalue weighted by Crippen LogP contribution is 2.10. The van der Waals surface area contributed by atoms with Gasteiger partial charge in [-0.2, -0.15) is 0 Å². The average molecular weight is 494 g/mol. The van der Waals surface area contributed by atoms with E-state index in [4.69, 9.17) is 0 Å². The molecule has 0 spiro atoms. The molecule has 158 valence electrons. The molecule has 2 N–H and O–H groups in total. The first-order valence-corrected chi connectivity index (χ1v) is 10.1. The number of amides is 1. The van der Waals surface area contributed by atoms with Gasteiger partial charge in [0.15, 0.2) is 5.96 Å². The summed E-state index contributed by atoms with van der Waals surface area (Å²) in [5.74, 6) is 1.26. The van der Waals surface area contributed by atoms with Gasteiger partial charge < -0.3 is 20.4 Å². The molecule has 0 aromatic heterocycles. The van der Waals surface area contributed by atoms with Crippen molar-refractivity contribution in [2.75, 3.05) is 66.0 Å². The summed E-state index contributed by atoms with van der Waals surface area (Å²) in [6.07, 6.45) is 3.58. The Kier molecular flexibility index (Phi) is 10.9. The maximum Gasteiger partial charge on any atom is 0.236 e. The number of aliphatic imine (C=N–C) groups is 1. The number of guanidine groups is 1. The highest BCUT2D eigenvalue weighted by molar-refractivity contribution is 14.0. The molecule has 27 heavy (non-hydrogen) atoms. The lowest BCUT2D eigenvalue weighted by atomic mass is 10.1. The number of carbonyl (C=O) groups excluding carboxylic acids is 1. The SMILES string of the molecule is CN=C(NCCNC(C)(C)C)N1CCN(CC(=O)N2CCCCC2)CC1.I. The van der Waals surface area contributed by atoms with Crippen LogP contribution < -0.4 is 10.6 Å². The maximum absolute atomic E-state index is 12.4. The number of piperazine rings is 1. The fourth-order valence-electron chi connectivity index (χ4n) is 3.50. The second-order valence-electron chi connectivity index (χ2n) is 8.36. The Morgan fingerprint density at radius 1 is 0.926 bits per heavy atom. The van der Waals surface area contributed by atoms with Gasteiger partial charge in [0, 0.05) is 64.9 Å². The minimum atomic E-state index is 0. The molecule has 0 bridgehead atoms. The normalized spacial score (nSPS) is 19.6. The van der Waals surface area contributed by atoms with Crippen LogP contribution >= 0.6 is 24.0 Å². The number of hydrogen-bond donors (Lipinski definition) is 2. The second kappa shape index (κ2) is 12.1. The van der Waals surface area contributed by atoms with Gasteiger partial charge in [-0.05, 0) is 40.0 Å². The summed E-state index contributed by atoms with van der Waals surface area (Å²) < 4.78 is 0. The molecule has 2 aliphatic heterocycles. The number of likely N-dealkylation sites (tertiary alicyclic amines) is 1. The van der Waals surface area contributed by atoms with Gasteiger partial charge in [-0.15, -0.1) is 24.0 Å². The molecule has 7 nitrogen and oxygen atoms in total. The van der Waals surface area contributed by atoms with Crippen molar-refractivity contribution in [2.45, 2.75) is 45.6 Å². The van der Waals surface area contributed by atoms with Crippen molar-refractivity contribution in [3.63, 3.8) is 0 Å². The smallest absolute Gasteiger partial charge is 0.236 e. The highest BCUT2D eigenvalue weighted by Gasteiger charge is 2.24. The maximum atomic E-state index is 12.4. The van der Waals surface area contributed by atoms with E-state index in [9.17, 15) is 4.79 Å². The summed E-state index contributed by atoms with van der Waals surface area (Å²) in [7, 11) is 1.84. The highest BCUT2D eigenvalue weighted by atomic mass is 127. The zero-order valence-electron chi connectivity index (χ0n) is 17.6. The van der Waals surface area contributed by atoms with E-state index in [1.807, 2.05) is 11.9 Å². The van der Waals surface area contributed by atoms with Crippen LogP contribution in [-0.2, 0) is 4.79 Å². The van der Waals surface area contributed by atoms with Crippen LogP contribution in [0.4, 0.5) is 0 Å². The first-order chi connectivity index (χ1) is 12.4. The van der Waals surface area contributed by atoms with Crippen LogP contribution in [0.1, 0.15) is 40.0 Å². The fraction of sp³-hybridized carbons (Fsp3) is 0.895. The van der Waals surface area contributed by atoms with Crippen molar-refractivity contribution < 1.29 is 4.79 Å². The van der Waals surface area contributed by atoms with Crippen molar-refractivity contribution in [1.82, 2.24) is 25.3 Å². The third kappa shape index (κ3) is 8.95. The summed E-state index contributed by atoms with van der Waals surface area (Å²) in [5.41, 5.74) is 0.137. The number of hydrogen-bond acceptors (Lipinski definition) is 4. The molecule has 2 aliphatic rings. The van der Waals surface area contributed by atoms with Gasteiger partial charge in [0.05, 0.1) is 6.54 Å². The lowest BCUT2D eigenvalue weighted by molar-refractivity contribution is -0.133. The van der Waals surface area contributed by atoms with Gasteiger partial charge in [0.1, 0.15) is 0 Å². The number of piperidine rings is 1. The molecular formula is C19H39IN6O. The average Bonchev–Trinajstić information content (AvgIpc) is 2.62. The monoisotopic (exact) mass is 494 g/mol. The molecule has 0 saturated carbocycles. The van der Waals surface area contributed by atoms with Crippen LogP contribution in [0.2, 0.25) is 0 Å². The van der Waals surface area contributed by atoms with Crippen molar-refractivity contribution in [3.8, 4) is 0 Å².